The van der Waals surface area contributed by atoms with E-state index >= 15 is 0 Å². The number of carbonyl (C=O) groups is 6. The van der Waals surface area contributed by atoms with Crippen molar-refractivity contribution in [2.45, 2.75) is 251 Å². The first-order valence-corrected chi connectivity index (χ1v) is 28.5. The van der Waals surface area contributed by atoms with E-state index in [9.17, 15) is 39.0 Å². The van der Waals surface area contributed by atoms with Gasteiger partial charge in [0, 0.05) is 53.9 Å². The smallest absolute Gasteiger partial charge is 0.303 e. The van der Waals surface area contributed by atoms with Crippen LogP contribution in [-0.4, -0.2) is 169 Å². The lowest BCUT2D eigenvalue weighted by molar-refractivity contribution is -0.389. The van der Waals surface area contributed by atoms with E-state index in [4.69, 9.17) is 66.3 Å². The second kappa shape index (κ2) is 23.4. The number of fused-ring (bicyclic) bond motifs is 7. The van der Waals surface area contributed by atoms with Gasteiger partial charge in [-0.1, -0.05) is 39.3 Å². The number of esters is 6. The number of allylic oxidation sites excluding steroid dienone is 1. The third-order valence-corrected chi connectivity index (χ3v) is 19.3. The molecule has 26 atom stereocenters. The molecular formula is C57H84O22. The molecule has 4 aliphatic carbocycles. The Hall–Kier alpha value is -3.84. The third kappa shape index (κ3) is 11.6. The number of hydrogen-bond acceptors (Lipinski definition) is 22. The monoisotopic (exact) mass is 1120 g/mol. The zero-order valence-corrected chi connectivity index (χ0v) is 47.7. The van der Waals surface area contributed by atoms with Gasteiger partial charge < -0.3 is 76.5 Å². The molecule has 0 aromatic carbocycles. The predicted molar refractivity (Wildman–Crippen MR) is 270 cm³/mol. The minimum absolute atomic E-state index is 0.116. The van der Waals surface area contributed by atoms with E-state index in [1.807, 2.05) is 0 Å². The summed E-state index contributed by atoms with van der Waals surface area (Å²) in [7, 11) is 0. The summed E-state index contributed by atoms with van der Waals surface area (Å²) in [6.07, 6.45) is -11.9. The zero-order valence-electron chi connectivity index (χ0n) is 47.7. The Morgan fingerprint density at radius 2 is 1.13 bits per heavy atom. The minimum atomic E-state index is -1.85. The van der Waals surface area contributed by atoms with E-state index < -0.39 is 146 Å². The van der Waals surface area contributed by atoms with Crippen molar-refractivity contribution in [1.29, 1.82) is 0 Å². The van der Waals surface area contributed by atoms with Gasteiger partial charge in [-0.3, -0.25) is 28.8 Å². The average molecular weight is 1120 g/mol. The first-order valence-electron chi connectivity index (χ1n) is 28.5. The first-order chi connectivity index (χ1) is 37.3. The van der Waals surface area contributed by atoms with Gasteiger partial charge in [-0.25, -0.2) is 0 Å². The Balaban J connectivity index is 0.994. The van der Waals surface area contributed by atoms with Crippen molar-refractivity contribution in [3.05, 3.63) is 11.6 Å². The van der Waals surface area contributed by atoms with Gasteiger partial charge in [0.2, 0.25) is 0 Å². The van der Waals surface area contributed by atoms with Crippen LogP contribution in [0.4, 0.5) is 0 Å². The van der Waals surface area contributed by atoms with Gasteiger partial charge in [0.25, 0.3) is 0 Å². The van der Waals surface area contributed by atoms with Crippen LogP contribution >= 0.6 is 0 Å². The second-order valence-corrected chi connectivity index (χ2v) is 24.6. The number of hydrogen-bond donors (Lipinski definition) is 2. The molecule has 0 amide bonds. The molecule has 444 valence electrons. The van der Waals surface area contributed by atoms with Crippen LogP contribution in [0.15, 0.2) is 11.6 Å². The van der Waals surface area contributed by atoms with Crippen LogP contribution in [0, 0.1) is 46.3 Å². The van der Waals surface area contributed by atoms with Crippen LogP contribution in [0.5, 0.6) is 0 Å². The zero-order chi connectivity index (χ0) is 57.2. The highest BCUT2D eigenvalue weighted by molar-refractivity contribution is 5.69. The Morgan fingerprint density at radius 3 is 1.65 bits per heavy atom. The molecule has 9 aliphatic rings. The quantitative estimate of drug-likeness (QED) is 0.144. The van der Waals surface area contributed by atoms with Crippen molar-refractivity contribution >= 4 is 35.8 Å². The topological polar surface area (TPSA) is 272 Å². The Morgan fingerprint density at radius 1 is 0.608 bits per heavy atom. The Labute approximate surface area is 462 Å². The summed E-state index contributed by atoms with van der Waals surface area (Å²) >= 11 is 0. The first kappa shape index (κ1) is 59.8. The van der Waals surface area contributed by atoms with Crippen molar-refractivity contribution < 1.29 is 105 Å². The van der Waals surface area contributed by atoms with Gasteiger partial charge in [0.15, 0.2) is 61.3 Å². The second-order valence-electron chi connectivity index (χ2n) is 24.6. The van der Waals surface area contributed by atoms with E-state index in [1.54, 1.807) is 0 Å². The molecule has 2 N–H and O–H groups in total. The molecule has 0 aromatic heterocycles. The lowest BCUT2D eigenvalue weighted by atomic mass is 9.47. The van der Waals surface area contributed by atoms with Crippen molar-refractivity contribution in [3.63, 3.8) is 0 Å². The standard InChI is InChI=1S/C57H84O22/c1-25-15-20-57(66-24-25)26(2)42-40(79-57)22-39-37-14-13-35-21-36(16-18-55(35,11)38(37)17-19-56(39,42)12)75-52-47(78-54-51(74-34(10)64)49(72-32(8)62)45(28(4)68-54)70-30(6)60)43(65)46(41(23-58)76-52)77-53-50(73-33(9)63)48(71-31(7)61)44(27(3)67-53)69-29(5)59/h13,25-28,36-54,58,65H,14-24H2,1-12H3/t25-,26+,27+,28+,36+,37-,38+,39+,40+,41-,42+,43+,44+,45+,46-,47-,48-,49-,50-,51-,52-,53+,54+,55+,56+,57-/m1/s1. The van der Waals surface area contributed by atoms with Gasteiger partial charge in [-0.05, 0) is 106 Å². The van der Waals surface area contributed by atoms with Crippen molar-refractivity contribution in [3.8, 4) is 0 Å². The molecule has 0 aromatic rings. The Bertz CT molecular complexity index is 2300. The lowest BCUT2D eigenvalue weighted by Gasteiger charge is -2.59. The summed E-state index contributed by atoms with van der Waals surface area (Å²) in [5.74, 6) is -2.56. The molecule has 8 fully saturated rings. The average Bonchev–Trinajstić information content (AvgIpc) is 2.81. The number of carbonyl (C=O) groups excluding carboxylic acids is 6. The normalized spacial score (nSPS) is 47.2. The molecule has 79 heavy (non-hydrogen) atoms. The summed E-state index contributed by atoms with van der Waals surface area (Å²) in [6.45, 7) is 19.3. The van der Waals surface area contributed by atoms with Crippen molar-refractivity contribution in [2.75, 3.05) is 13.2 Å². The van der Waals surface area contributed by atoms with Crippen LogP contribution in [0.2, 0.25) is 0 Å². The number of aliphatic hydroxyl groups excluding tert-OH is 2. The lowest BCUT2D eigenvalue weighted by Crippen LogP contribution is -2.67. The van der Waals surface area contributed by atoms with Crippen LogP contribution in [0.25, 0.3) is 0 Å². The van der Waals surface area contributed by atoms with Crippen LogP contribution in [0.3, 0.4) is 0 Å². The molecule has 1 spiro atoms. The molecule has 5 heterocycles. The van der Waals surface area contributed by atoms with E-state index in [-0.39, 0.29) is 16.9 Å². The van der Waals surface area contributed by atoms with Crippen molar-refractivity contribution in [2.24, 2.45) is 46.3 Å². The molecule has 3 saturated carbocycles. The van der Waals surface area contributed by atoms with Gasteiger partial charge >= 0.3 is 35.8 Å². The van der Waals surface area contributed by atoms with Gasteiger partial charge in [-0.15, -0.1) is 0 Å². The van der Waals surface area contributed by atoms with Gasteiger partial charge in [0.1, 0.15) is 24.4 Å². The molecule has 22 nitrogen and oxygen atoms in total. The molecule has 0 unspecified atom stereocenters. The SMILES string of the molecule is CC(=O)O[C@@H]1[C@@H](OC(C)=O)[C@H](C)O[C@@H](O[C@H]2[C@H](O[C@H]3CC[C@@]4(C)C(=CC[C@H]5[C@@H]6C[C@@H]7O[C@]8(CC[C@@H](C)CO8)[C@@H](C)[C@@H]7[C@@]6(C)CC[C@@H]54)C3)O[C@H](CO)[C@@H](O[C@@H]3O[C@@H](C)[C@H](OC(C)=O)[C@@H](OC(C)=O)[C@H]3OC(C)=O)[C@@H]2O)[C@@H]1OC(C)=O. The van der Waals surface area contributed by atoms with Gasteiger partial charge in [0.05, 0.1) is 37.6 Å². The maximum Gasteiger partial charge on any atom is 0.303 e. The third-order valence-electron chi connectivity index (χ3n) is 19.3. The van der Waals surface area contributed by atoms with E-state index in [2.05, 4.69) is 33.8 Å². The molecule has 0 bridgehead atoms. The maximum absolute atomic E-state index is 12.8. The molecule has 5 aliphatic heterocycles. The van der Waals surface area contributed by atoms with Gasteiger partial charge in [-0.2, -0.15) is 0 Å². The molecule has 22 heteroatoms. The molecule has 0 radical (unpaired) electrons. The maximum atomic E-state index is 12.8. The molecule has 9 rings (SSSR count). The predicted octanol–water partition coefficient (Wildman–Crippen LogP) is 4.67. The van der Waals surface area contributed by atoms with Crippen LogP contribution in [0.1, 0.15) is 141 Å². The van der Waals surface area contributed by atoms with E-state index in [1.165, 1.54) is 19.4 Å². The summed E-state index contributed by atoms with van der Waals surface area (Å²) in [6, 6.07) is 0. The fraction of sp³-hybridized carbons (Fsp3) is 0.860. The molecule has 5 saturated heterocycles. The fourth-order valence-corrected chi connectivity index (χ4v) is 15.9. The summed E-state index contributed by atoms with van der Waals surface area (Å²) < 4.78 is 86.3. The summed E-state index contributed by atoms with van der Waals surface area (Å²) in [5.41, 5.74) is 1.30. The van der Waals surface area contributed by atoms with E-state index in [0.717, 1.165) is 93.1 Å². The fourth-order valence-electron chi connectivity index (χ4n) is 15.9. The number of aliphatic hydroxyl groups is 2. The Kier molecular flexibility index (Phi) is 17.7. The van der Waals surface area contributed by atoms with E-state index in [0.29, 0.717) is 48.3 Å². The number of rotatable bonds is 13. The largest absolute Gasteiger partial charge is 0.456 e. The van der Waals surface area contributed by atoms with Crippen LogP contribution < -0.4 is 0 Å². The van der Waals surface area contributed by atoms with Crippen molar-refractivity contribution in [1.82, 2.24) is 0 Å². The number of ether oxygens (including phenoxy) is 14. The van der Waals surface area contributed by atoms with Crippen LogP contribution in [-0.2, 0) is 95.1 Å². The minimum Gasteiger partial charge on any atom is -0.456 e. The highest BCUT2D eigenvalue weighted by atomic mass is 16.8. The molecular weight excluding hydrogens is 1040 g/mol. The highest BCUT2D eigenvalue weighted by Gasteiger charge is 2.69. The highest BCUT2D eigenvalue weighted by Crippen LogP contribution is 2.71. The summed E-state index contributed by atoms with van der Waals surface area (Å²) in [5, 5.41) is 23.8. The summed E-state index contributed by atoms with van der Waals surface area (Å²) in [4.78, 5) is 75.3.